The van der Waals surface area contributed by atoms with Gasteiger partial charge in [-0.15, -0.1) is 0 Å². The first-order chi connectivity index (χ1) is 12.5. The van der Waals surface area contributed by atoms with Crippen LogP contribution in [0.1, 0.15) is 96.8 Å². The molecule has 0 aliphatic carbocycles. The lowest BCUT2D eigenvalue weighted by molar-refractivity contribution is -0.919. The minimum absolute atomic E-state index is 0.148. The maximum absolute atomic E-state index is 11.9. The molecule has 26 heavy (non-hydrogen) atoms. The minimum Gasteiger partial charge on any atom is -0.270 e. The van der Waals surface area contributed by atoms with Crippen LogP contribution in [0.4, 0.5) is 0 Å². The van der Waals surface area contributed by atoms with Gasteiger partial charge in [0.25, 0.3) is 5.91 Å². The van der Waals surface area contributed by atoms with Crippen LogP contribution in [0.25, 0.3) is 0 Å². The van der Waals surface area contributed by atoms with Gasteiger partial charge in [0.15, 0.2) is 0 Å². The smallest absolute Gasteiger partial charge is 0.264 e. The molecule has 0 aromatic heterocycles. The number of allylic oxidation sites excluding steroid dienone is 2. The van der Waals surface area contributed by atoms with Gasteiger partial charge >= 0.3 is 0 Å². The van der Waals surface area contributed by atoms with Crippen LogP contribution in [0.2, 0.25) is 0 Å². The Morgan fingerprint density at radius 3 is 1.88 bits per heavy atom. The monoisotopic (exact) mass is 365 g/mol. The van der Waals surface area contributed by atoms with Gasteiger partial charge in [-0.1, -0.05) is 77.0 Å². The SMILES string of the molecule is C=CC[N+](C)(C)NC(=O)CCCCCCC/C=C\CCCCCCCC. The number of likely N-dealkylation sites (N-methyl/N-ethyl adjacent to an activating group) is 1. The van der Waals surface area contributed by atoms with Crippen LogP contribution < -0.4 is 5.43 Å². The second kappa shape index (κ2) is 17.3. The second-order valence-corrected chi connectivity index (χ2v) is 8.03. The number of nitrogens with one attached hydrogen (secondary N) is 1. The van der Waals surface area contributed by atoms with Crippen LogP contribution in [0.3, 0.4) is 0 Å². The number of hydrogen-bond donors (Lipinski definition) is 1. The molecule has 0 atom stereocenters. The molecule has 3 nitrogen and oxygen atoms in total. The summed E-state index contributed by atoms with van der Waals surface area (Å²) in [7, 11) is 3.97. The summed E-state index contributed by atoms with van der Waals surface area (Å²) in [6.45, 7) is 6.74. The van der Waals surface area contributed by atoms with Crippen LogP contribution in [0.5, 0.6) is 0 Å². The van der Waals surface area contributed by atoms with Gasteiger partial charge in [0, 0.05) is 6.42 Å². The van der Waals surface area contributed by atoms with Crippen molar-refractivity contribution in [1.29, 1.82) is 0 Å². The predicted octanol–water partition coefficient (Wildman–Crippen LogP) is 6.32. The molecular formula is C23H45N2O+. The minimum atomic E-state index is 0.148. The first-order valence-corrected chi connectivity index (χ1v) is 10.9. The molecule has 0 rings (SSSR count). The molecule has 1 N–H and O–H groups in total. The highest BCUT2D eigenvalue weighted by atomic mass is 16.2. The van der Waals surface area contributed by atoms with Crippen molar-refractivity contribution in [3.8, 4) is 0 Å². The fraction of sp³-hybridized carbons (Fsp3) is 0.783. The van der Waals surface area contributed by atoms with Crippen LogP contribution in [0.15, 0.2) is 24.8 Å². The molecule has 1 amide bonds. The first-order valence-electron chi connectivity index (χ1n) is 10.9. The summed E-state index contributed by atoms with van der Waals surface area (Å²) >= 11 is 0. The molecule has 0 spiro atoms. The van der Waals surface area contributed by atoms with E-state index in [9.17, 15) is 4.79 Å². The summed E-state index contributed by atoms with van der Waals surface area (Å²) in [5, 5.41) is 0. The van der Waals surface area contributed by atoms with Crippen molar-refractivity contribution < 1.29 is 9.39 Å². The fourth-order valence-electron chi connectivity index (χ4n) is 3.12. The zero-order valence-corrected chi connectivity index (χ0v) is 17.9. The summed E-state index contributed by atoms with van der Waals surface area (Å²) in [5.74, 6) is 0.148. The van der Waals surface area contributed by atoms with E-state index in [1.165, 1.54) is 70.6 Å². The van der Waals surface area contributed by atoms with Gasteiger partial charge in [0.1, 0.15) is 6.54 Å². The summed E-state index contributed by atoms with van der Waals surface area (Å²) in [6, 6.07) is 0. The summed E-state index contributed by atoms with van der Waals surface area (Å²) < 4.78 is 0.480. The van der Waals surface area contributed by atoms with Crippen molar-refractivity contribution in [1.82, 2.24) is 5.43 Å². The molecule has 0 aliphatic heterocycles. The third-order valence-electron chi connectivity index (χ3n) is 4.68. The second-order valence-electron chi connectivity index (χ2n) is 8.03. The zero-order valence-electron chi connectivity index (χ0n) is 17.9. The van der Waals surface area contributed by atoms with E-state index in [0.29, 0.717) is 11.0 Å². The van der Waals surface area contributed by atoms with Crippen LogP contribution >= 0.6 is 0 Å². The normalized spacial score (nSPS) is 11.8. The fourth-order valence-corrected chi connectivity index (χ4v) is 3.12. The van der Waals surface area contributed by atoms with Crippen molar-refractivity contribution >= 4 is 5.91 Å². The molecule has 0 saturated carbocycles. The highest BCUT2D eigenvalue weighted by Gasteiger charge is 2.16. The third kappa shape index (κ3) is 17.7. The molecule has 3 heteroatoms. The van der Waals surface area contributed by atoms with Crippen molar-refractivity contribution in [2.75, 3.05) is 20.6 Å². The maximum atomic E-state index is 11.9. The molecule has 0 heterocycles. The Balaban J connectivity index is 3.36. The van der Waals surface area contributed by atoms with Crippen LogP contribution in [0, 0.1) is 0 Å². The number of quaternary nitrogens is 1. The number of carbonyl (C=O) groups excluding carboxylic acids is 1. The average Bonchev–Trinajstić information content (AvgIpc) is 2.57. The lowest BCUT2D eigenvalue weighted by atomic mass is 10.1. The lowest BCUT2D eigenvalue weighted by Crippen LogP contribution is -2.54. The number of nitrogens with zero attached hydrogens (tertiary/aromatic N) is 1. The van der Waals surface area contributed by atoms with Gasteiger partial charge in [-0.2, -0.15) is 0 Å². The summed E-state index contributed by atoms with van der Waals surface area (Å²) in [5.41, 5.74) is 3.02. The van der Waals surface area contributed by atoms with Crippen molar-refractivity contribution in [3.05, 3.63) is 24.8 Å². The van der Waals surface area contributed by atoms with E-state index >= 15 is 0 Å². The van der Waals surface area contributed by atoms with Gasteiger partial charge in [0.05, 0.1) is 14.1 Å². The van der Waals surface area contributed by atoms with Gasteiger partial charge < -0.3 is 0 Å². The van der Waals surface area contributed by atoms with Gasteiger partial charge in [-0.05, 0) is 38.2 Å². The Labute approximate surface area is 163 Å². The third-order valence-corrected chi connectivity index (χ3v) is 4.68. The highest BCUT2D eigenvalue weighted by molar-refractivity contribution is 5.74. The molecular weight excluding hydrogens is 320 g/mol. The quantitative estimate of drug-likeness (QED) is 0.131. The van der Waals surface area contributed by atoms with E-state index in [2.05, 4.69) is 31.1 Å². The number of rotatable bonds is 18. The number of carbonyl (C=O) groups is 1. The molecule has 0 bridgehead atoms. The predicted molar refractivity (Wildman–Crippen MR) is 115 cm³/mol. The van der Waals surface area contributed by atoms with E-state index in [1.54, 1.807) is 0 Å². The Hall–Kier alpha value is -1.09. The summed E-state index contributed by atoms with van der Waals surface area (Å²) in [6.07, 6.45) is 23.9. The van der Waals surface area contributed by atoms with E-state index in [-0.39, 0.29) is 5.91 Å². The van der Waals surface area contributed by atoms with Crippen LogP contribution in [-0.4, -0.2) is 31.1 Å². The van der Waals surface area contributed by atoms with Gasteiger partial charge in [0.2, 0.25) is 0 Å². The highest BCUT2D eigenvalue weighted by Crippen LogP contribution is 2.10. The molecule has 0 fully saturated rings. The number of hydrogen-bond acceptors (Lipinski definition) is 1. The van der Waals surface area contributed by atoms with E-state index < -0.39 is 0 Å². The van der Waals surface area contributed by atoms with Crippen molar-refractivity contribution in [3.63, 3.8) is 0 Å². The standard InChI is InChI=1S/C23H44N2O/c1-5-7-8-9-10-11-12-13-14-15-16-17-18-19-20-21-23(26)24-25(3,4)22-6-2/h6,13-14H,2,5,7-12,15-22H2,1,3-4H3/p+1/b14-13-. The molecule has 0 aromatic carbocycles. The number of unbranched alkanes of at least 4 members (excludes halogenated alkanes) is 11. The van der Waals surface area contributed by atoms with Gasteiger partial charge in [-0.25, -0.2) is 10.0 Å². The summed E-state index contributed by atoms with van der Waals surface area (Å²) in [4.78, 5) is 11.9. The molecule has 0 aromatic rings. The number of amides is 1. The molecule has 0 unspecified atom stereocenters. The lowest BCUT2D eigenvalue weighted by Gasteiger charge is -2.27. The van der Waals surface area contributed by atoms with E-state index in [1.807, 2.05) is 20.2 Å². The van der Waals surface area contributed by atoms with E-state index in [0.717, 1.165) is 19.4 Å². The zero-order chi connectivity index (χ0) is 19.5. The van der Waals surface area contributed by atoms with Gasteiger partial charge in [-0.3, -0.25) is 4.79 Å². The topological polar surface area (TPSA) is 29.1 Å². The maximum Gasteiger partial charge on any atom is 0.264 e. The molecule has 152 valence electrons. The average molecular weight is 366 g/mol. The Bertz CT molecular complexity index is 374. The first kappa shape index (κ1) is 24.9. The Kier molecular flexibility index (Phi) is 16.6. The van der Waals surface area contributed by atoms with Crippen molar-refractivity contribution in [2.24, 2.45) is 0 Å². The van der Waals surface area contributed by atoms with Crippen molar-refractivity contribution in [2.45, 2.75) is 96.8 Å². The molecule has 0 aliphatic rings. The Morgan fingerprint density at radius 2 is 1.35 bits per heavy atom. The van der Waals surface area contributed by atoms with Crippen LogP contribution in [-0.2, 0) is 4.79 Å². The van der Waals surface area contributed by atoms with E-state index in [4.69, 9.17) is 0 Å². The molecule has 0 saturated heterocycles. The molecule has 0 radical (unpaired) electrons. The Morgan fingerprint density at radius 1 is 0.846 bits per heavy atom. The largest absolute Gasteiger partial charge is 0.270 e.